The summed E-state index contributed by atoms with van der Waals surface area (Å²) in [7, 11) is 0. The lowest BCUT2D eigenvalue weighted by Gasteiger charge is -2.49. The molecule has 1 saturated heterocycles. The van der Waals surface area contributed by atoms with Gasteiger partial charge in [0, 0.05) is 16.7 Å². The first kappa shape index (κ1) is 36.9. The summed E-state index contributed by atoms with van der Waals surface area (Å²) in [6, 6.07) is 1.42. The third kappa shape index (κ3) is 4.93. The van der Waals surface area contributed by atoms with Gasteiger partial charge in [-0.2, -0.15) is 0 Å². The topological polar surface area (TPSA) is 383 Å². The quantitative estimate of drug-likeness (QED) is 0.0502. The number of fused-ring (bicyclic) bond motifs is 10. The average Bonchev–Trinajstić information content (AvgIpc) is 3.15. The number of carbonyl (C=O) groups excluding carboxylic acids is 5. The molecular formula is C34H24O23. The van der Waals surface area contributed by atoms with Gasteiger partial charge in [0.15, 0.2) is 46.7 Å². The zero-order valence-corrected chi connectivity index (χ0v) is 27.8. The number of carbonyl (C=O) groups is 5. The molecule has 23 heteroatoms. The third-order valence-electron chi connectivity index (χ3n) is 10.0. The first-order valence-corrected chi connectivity index (χ1v) is 16.1. The highest BCUT2D eigenvalue weighted by Gasteiger charge is 2.70. The minimum Gasteiger partial charge on any atom is -0.504 e. The van der Waals surface area contributed by atoms with Gasteiger partial charge in [-0.25, -0.2) is 19.2 Å². The molecule has 7 atom stereocenters. The molecule has 23 nitrogen and oxygen atoms in total. The molecule has 0 radical (unpaired) electrons. The molecule has 4 aliphatic heterocycles. The second kappa shape index (κ2) is 12.0. The summed E-state index contributed by atoms with van der Waals surface area (Å²) in [4.78, 5) is 68.6. The largest absolute Gasteiger partial charge is 0.504 e. The van der Waals surface area contributed by atoms with Gasteiger partial charge in [-0.1, -0.05) is 0 Å². The van der Waals surface area contributed by atoms with E-state index >= 15 is 0 Å². The third-order valence-corrected chi connectivity index (χ3v) is 10.0. The molecule has 1 aliphatic carbocycles. The number of aliphatic hydroxyl groups excluding tert-OH is 1. The van der Waals surface area contributed by atoms with Gasteiger partial charge in [-0.3, -0.25) is 4.79 Å². The number of benzene rings is 3. The number of cyclic esters (lactones) is 1. The van der Waals surface area contributed by atoms with Crippen molar-refractivity contribution in [3.63, 3.8) is 0 Å². The van der Waals surface area contributed by atoms with E-state index < -0.39 is 175 Å². The second-order valence-electron chi connectivity index (χ2n) is 13.2. The Morgan fingerprint density at radius 3 is 1.75 bits per heavy atom. The first-order chi connectivity index (χ1) is 26.7. The summed E-state index contributed by atoms with van der Waals surface area (Å²) in [5.74, 6) is -29.8. The molecule has 12 N–H and O–H groups in total. The van der Waals surface area contributed by atoms with Gasteiger partial charge >= 0.3 is 29.7 Å². The molecule has 298 valence electrons. The number of phenols is 8. The predicted molar refractivity (Wildman–Crippen MR) is 170 cm³/mol. The van der Waals surface area contributed by atoms with E-state index in [-0.39, 0.29) is 0 Å². The van der Waals surface area contributed by atoms with Crippen molar-refractivity contribution in [2.45, 2.75) is 48.2 Å². The molecule has 0 amide bonds. The summed E-state index contributed by atoms with van der Waals surface area (Å²) in [5, 5.41) is 129. The van der Waals surface area contributed by atoms with Crippen molar-refractivity contribution in [2.24, 2.45) is 0 Å². The number of ether oxygens (including phenoxy) is 6. The zero-order valence-electron chi connectivity index (χ0n) is 27.8. The Morgan fingerprint density at radius 2 is 1.14 bits per heavy atom. The summed E-state index contributed by atoms with van der Waals surface area (Å²) in [5.41, 5.74) is -6.89. The first-order valence-electron chi connectivity index (χ1n) is 16.1. The number of ketones is 1. The van der Waals surface area contributed by atoms with Gasteiger partial charge in [0.05, 0.1) is 28.2 Å². The summed E-state index contributed by atoms with van der Waals surface area (Å²) in [6.07, 6.45) is -11.0. The Morgan fingerprint density at radius 1 is 0.614 bits per heavy atom. The Balaban J connectivity index is 1.33. The minimum absolute atomic E-state index is 0.335. The zero-order chi connectivity index (χ0) is 41.4. The maximum Gasteiger partial charge on any atom is 0.341 e. The van der Waals surface area contributed by atoms with Gasteiger partial charge in [-0.15, -0.1) is 0 Å². The summed E-state index contributed by atoms with van der Waals surface area (Å²) in [6.45, 7) is -1.14. The predicted octanol–water partition coefficient (Wildman–Crippen LogP) is -2.08. The van der Waals surface area contributed by atoms with Crippen LogP contribution in [0.4, 0.5) is 0 Å². The molecule has 0 aromatic heterocycles. The molecule has 3 aromatic rings. The Bertz CT molecular complexity index is 2430. The van der Waals surface area contributed by atoms with Gasteiger partial charge in [0.2, 0.25) is 29.3 Å². The van der Waals surface area contributed by atoms with Gasteiger partial charge in [-0.05, 0) is 24.3 Å². The number of aromatic hydroxyl groups is 8. The van der Waals surface area contributed by atoms with Crippen molar-refractivity contribution in [1.29, 1.82) is 0 Å². The van der Waals surface area contributed by atoms with E-state index in [9.17, 15) is 85.3 Å². The van der Waals surface area contributed by atoms with E-state index in [1.807, 2.05) is 0 Å². The van der Waals surface area contributed by atoms with Crippen LogP contribution < -0.4 is 4.74 Å². The fourth-order valence-corrected chi connectivity index (χ4v) is 7.23. The van der Waals surface area contributed by atoms with Crippen LogP contribution in [0.5, 0.6) is 51.7 Å². The van der Waals surface area contributed by atoms with Gasteiger partial charge < -0.3 is 89.7 Å². The maximum absolute atomic E-state index is 14.0. The van der Waals surface area contributed by atoms with Crippen LogP contribution in [-0.4, -0.2) is 140 Å². The normalized spacial score (nSPS) is 28.6. The maximum atomic E-state index is 14.0. The molecule has 57 heavy (non-hydrogen) atoms. The van der Waals surface area contributed by atoms with Crippen molar-refractivity contribution in [1.82, 2.24) is 0 Å². The molecule has 8 rings (SSSR count). The van der Waals surface area contributed by atoms with Crippen LogP contribution in [0.1, 0.15) is 42.6 Å². The van der Waals surface area contributed by atoms with Crippen LogP contribution in [0.2, 0.25) is 0 Å². The highest BCUT2D eigenvalue weighted by atomic mass is 16.7. The van der Waals surface area contributed by atoms with Crippen molar-refractivity contribution in [3.8, 4) is 62.9 Å². The summed E-state index contributed by atoms with van der Waals surface area (Å²) < 4.78 is 32.3. The molecule has 1 fully saturated rings. The lowest BCUT2D eigenvalue weighted by molar-refractivity contribution is -0.339. The number of phenolic OH excluding ortho intramolecular Hbond substituents is 8. The van der Waals surface area contributed by atoms with Crippen LogP contribution in [0, 0.1) is 0 Å². The highest BCUT2D eigenvalue weighted by Crippen LogP contribution is 2.58. The summed E-state index contributed by atoms with van der Waals surface area (Å²) >= 11 is 0. The van der Waals surface area contributed by atoms with Crippen molar-refractivity contribution < 1.29 is 114 Å². The molecule has 5 aliphatic rings. The van der Waals surface area contributed by atoms with Crippen molar-refractivity contribution >= 4 is 29.7 Å². The van der Waals surface area contributed by atoms with Crippen LogP contribution in [0.15, 0.2) is 29.8 Å². The molecular weight excluding hydrogens is 776 g/mol. The number of aliphatic hydroxyl groups is 4. The Hall–Kier alpha value is -7.05. The van der Waals surface area contributed by atoms with E-state index in [4.69, 9.17) is 28.4 Å². The van der Waals surface area contributed by atoms with Gasteiger partial charge in [0.25, 0.3) is 5.79 Å². The molecule has 6 bridgehead atoms. The van der Waals surface area contributed by atoms with E-state index in [0.29, 0.717) is 24.3 Å². The van der Waals surface area contributed by atoms with E-state index in [2.05, 4.69) is 0 Å². The average molecular weight is 801 g/mol. The fourth-order valence-electron chi connectivity index (χ4n) is 7.23. The molecule has 0 spiro atoms. The van der Waals surface area contributed by atoms with Crippen LogP contribution in [-0.2, 0) is 33.3 Å². The Kier molecular flexibility index (Phi) is 7.75. The number of hydrogen-bond donors (Lipinski definition) is 12. The minimum atomic E-state index is -3.85. The van der Waals surface area contributed by atoms with Gasteiger partial charge in [0.1, 0.15) is 18.8 Å². The molecule has 3 aromatic carbocycles. The van der Waals surface area contributed by atoms with E-state index in [1.54, 1.807) is 0 Å². The van der Waals surface area contributed by atoms with Crippen molar-refractivity contribution in [2.75, 3.05) is 6.61 Å². The standard InChI is InChI=1S/C34H24O23/c35-10-1-6-15(22(42)19(10)39)16-7(2-11(36)20(40)23(16)43)30(47)56-32-27-24(44)25(13(53-32)5-52-28(6)45)54-31(48)9-4-14(38)34(51)33(49,50)18(9)17-8(29(46)55-27)3-12(37)21(41)26(17)57-34/h1-4,13,18,24-25,27,32,35-37,39-44,49-51H,5H2/t13-,18-,24-,25-,27-,32-,34-/m1/s1. The number of rotatable bonds is 0. The lowest BCUT2D eigenvalue weighted by atomic mass is 9.70. The smallest absolute Gasteiger partial charge is 0.341 e. The SMILES string of the molecule is O=C1O[C@H]2[C@@H](O)[C@@H](OC(=O)c3cc(O)c(O)c4c3[C@H]3C1=CC(=O)[C@@](O)(O4)C3(O)O)[C@H]1OC(=O)c3cc(O)c(O)c(O)c3-c3c(cc(O)c(O)c3O)C(=O)OC[C@H]2O1. The van der Waals surface area contributed by atoms with E-state index in [0.717, 1.165) is 0 Å². The molecule has 4 heterocycles. The van der Waals surface area contributed by atoms with Crippen molar-refractivity contribution in [3.05, 3.63) is 52.1 Å². The highest BCUT2D eigenvalue weighted by molar-refractivity contribution is 6.10. The van der Waals surface area contributed by atoms with Crippen LogP contribution >= 0.6 is 0 Å². The van der Waals surface area contributed by atoms with Crippen LogP contribution in [0.25, 0.3) is 11.1 Å². The lowest BCUT2D eigenvalue weighted by Crippen LogP contribution is -2.70. The Labute approximate surface area is 313 Å². The number of esters is 4. The second-order valence-corrected chi connectivity index (χ2v) is 13.2. The molecule has 0 unspecified atom stereocenters. The monoisotopic (exact) mass is 800 g/mol. The fraction of sp³-hybridized carbons (Fsp3) is 0.265. The number of hydrogen-bond acceptors (Lipinski definition) is 23. The molecule has 0 saturated carbocycles. The van der Waals surface area contributed by atoms with E-state index in [1.165, 1.54) is 0 Å². The van der Waals surface area contributed by atoms with Crippen LogP contribution in [0.3, 0.4) is 0 Å².